The van der Waals surface area contributed by atoms with Crippen LogP contribution >= 0.6 is 0 Å². The van der Waals surface area contributed by atoms with Gasteiger partial charge in [-0.1, -0.05) is 42.5 Å². The van der Waals surface area contributed by atoms with Crippen molar-refractivity contribution in [3.8, 4) is 11.3 Å². The van der Waals surface area contributed by atoms with Gasteiger partial charge in [-0.05, 0) is 47.0 Å². The molecule has 0 unspecified atom stereocenters. The highest BCUT2D eigenvalue weighted by atomic mass is 16.6. The Bertz CT molecular complexity index is 1240. The summed E-state index contributed by atoms with van der Waals surface area (Å²) < 4.78 is 0. The third kappa shape index (κ3) is 2.50. The van der Waals surface area contributed by atoms with E-state index in [1.807, 2.05) is 30.3 Å². The fraction of sp³-hybridized carbons (Fsp3) is 0. The van der Waals surface area contributed by atoms with Gasteiger partial charge in [0.25, 0.3) is 5.69 Å². The smallest absolute Gasteiger partial charge is 0.258 e. The van der Waals surface area contributed by atoms with E-state index in [4.69, 9.17) is 4.98 Å². The van der Waals surface area contributed by atoms with Gasteiger partial charge in [0.1, 0.15) is 0 Å². The minimum absolute atomic E-state index is 0.0945. The molecule has 1 aromatic heterocycles. The number of aromatic nitrogens is 1. The van der Waals surface area contributed by atoms with Crippen molar-refractivity contribution in [3.63, 3.8) is 0 Å². The van der Waals surface area contributed by atoms with Crippen LogP contribution in [0.5, 0.6) is 0 Å². The number of hydrogen-bond donors (Lipinski definition) is 0. The zero-order chi connectivity index (χ0) is 18.4. The standard InChI is InChI=1S/C23H14N2O2/c26-25(27)17-11-9-15(10-12-17)13-20-18-6-2-3-7-19(18)23-21(20)14-16-5-1-4-8-22(16)24-23/h1-14H. The summed E-state index contributed by atoms with van der Waals surface area (Å²) >= 11 is 0. The molecule has 27 heavy (non-hydrogen) atoms. The number of para-hydroxylation sites is 1. The summed E-state index contributed by atoms with van der Waals surface area (Å²) in [6, 6.07) is 25.1. The van der Waals surface area contributed by atoms with E-state index < -0.39 is 0 Å². The predicted octanol–water partition coefficient (Wildman–Crippen LogP) is 5.71. The molecule has 0 saturated carbocycles. The second kappa shape index (κ2) is 5.88. The number of nitrogens with zero attached hydrogens (tertiary/aromatic N) is 2. The molecule has 4 aromatic rings. The van der Waals surface area contributed by atoms with E-state index in [-0.39, 0.29) is 10.6 Å². The fourth-order valence-electron chi connectivity index (χ4n) is 3.61. The first kappa shape index (κ1) is 15.5. The maximum Gasteiger partial charge on any atom is 0.269 e. The van der Waals surface area contributed by atoms with E-state index in [0.717, 1.165) is 44.4 Å². The van der Waals surface area contributed by atoms with Crippen molar-refractivity contribution >= 4 is 28.2 Å². The Morgan fingerprint density at radius 1 is 0.815 bits per heavy atom. The molecule has 0 amide bonds. The van der Waals surface area contributed by atoms with Crippen LogP contribution in [0.2, 0.25) is 0 Å². The molecule has 5 rings (SSSR count). The first-order valence-corrected chi connectivity index (χ1v) is 8.67. The molecule has 1 aliphatic rings. The van der Waals surface area contributed by atoms with Gasteiger partial charge in [0.05, 0.1) is 16.1 Å². The van der Waals surface area contributed by atoms with Crippen molar-refractivity contribution in [1.29, 1.82) is 0 Å². The quantitative estimate of drug-likeness (QED) is 0.302. The number of pyridine rings is 1. The van der Waals surface area contributed by atoms with E-state index in [1.54, 1.807) is 12.1 Å². The van der Waals surface area contributed by atoms with E-state index in [2.05, 4.69) is 30.3 Å². The molecule has 0 bridgehead atoms. The molecule has 3 aromatic carbocycles. The van der Waals surface area contributed by atoms with Crippen LogP contribution in [0.3, 0.4) is 0 Å². The minimum atomic E-state index is -0.382. The van der Waals surface area contributed by atoms with Crippen LogP contribution in [0.4, 0.5) is 5.69 Å². The van der Waals surface area contributed by atoms with Gasteiger partial charge in [-0.25, -0.2) is 4.98 Å². The molecule has 1 heterocycles. The van der Waals surface area contributed by atoms with Gasteiger partial charge < -0.3 is 0 Å². The van der Waals surface area contributed by atoms with Gasteiger partial charge in [0.2, 0.25) is 0 Å². The molecule has 4 heteroatoms. The number of benzene rings is 3. The first-order chi connectivity index (χ1) is 13.2. The SMILES string of the molecule is O=[N+]([O-])c1ccc(C=C2c3ccccc3-c3nc4ccccc4cc32)cc1. The van der Waals surface area contributed by atoms with Gasteiger partial charge in [-0.2, -0.15) is 0 Å². The highest BCUT2D eigenvalue weighted by Crippen LogP contribution is 2.44. The third-order valence-electron chi connectivity index (χ3n) is 4.90. The second-order valence-corrected chi connectivity index (χ2v) is 6.53. The normalized spacial score (nSPS) is 13.6. The molecule has 0 radical (unpaired) electrons. The number of rotatable bonds is 2. The summed E-state index contributed by atoms with van der Waals surface area (Å²) in [7, 11) is 0. The molecule has 4 nitrogen and oxygen atoms in total. The summed E-state index contributed by atoms with van der Waals surface area (Å²) in [5.74, 6) is 0. The second-order valence-electron chi connectivity index (χ2n) is 6.53. The lowest BCUT2D eigenvalue weighted by molar-refractivity contribution is -0.384. The van der Waals surface area contributed by atoms with Crippen molar-refractivity contribution in [3.05, 3.63) is 106 Å². The number of nitro groups is 1. The van der Waals surface area contributed by atoms with Crippen LogP contribution in [0.25, 0.3) is 33.8 Å². The van der Waals surface area contributed by atoms with Gasteiger partial charge in [-0.15, -0.1) is 0 Å². The van der Waals surface area contributed by atoms with Crippen LogP contribution in [-0.2, 0) is 0 Å². The molecule has 0 saturated heterocycles. The van der Waals surface area contributed by atoms with Crippen molar-refractivity contribution in [2.45, 2.75) is 0 Å². The molecular formula is C23H14N2O2. The summed E-state index contributed by atoms with van der Waals surface area (Å²) in [5.41, 5.74) is 7.41. The van der Waals surface area contributed by atoms with E-state index in [1.165, 1.54) is 12.1 Å². The number of hydrogen-bond acceptors (Lipinski definition) is 3. The Balaban J connectivity index is 1.73. The maximum absolute atomic E-state index is 10.9. The zero-order valence-corrected chi connectivity index (χ0v) is 14.3. The Hall–Kier alpha value is -3.79. The van der Waals surface area contributed by atoms with Crippen molar-refractivity contribution in [2.75, 3.05) is 0 Å². The summed E-state index contributed by atoms with van der Waals surface area (Å²) in [6.45, 7) is 0. The third-order valence-corrected chi connectivity index (χ3v) is 4.90. The van der Waals surface area contributed by atoms with Crippen LogP contribution in [0, 0.1) is 10.1 Å². The first-order valence-electron chi connectivity index (χ1n) is 8.67. The van der Waals surface area contributed by atoms with Gasteiger partial charge in [0.15, 0.2) is 0 Å². The summed E-state index contributed by atoms with van der Waals surface area (Å²) in [4.78, 5) is 15.4. The lowest BCUT2D eigenvalue weighted by Crippen LogP contribution is -1.88. The topological polar surface area (TPSA) is 56.0 Å². The Labute approximate surface area is 155 Å². The lowest BCUT2D eigenvalue weighted by Gasteiger charge is -2.05. The van der Waals surface area contributed by atoms with E-state index in [9.17, 15) is 10.1 Å². The van der Waals surface area contributed by atoms with Crippen molar-refractivity contribution in [1.82, 2.24) is 4.98 Å². The Morgan fingerprint density at radius 2 is 1.52 bits per heavy atom. The van der Waals surface area contributed by atoms with Gasteiger partial charge in [0, 0.05) is 28.6 Å². The largest absolute Gasteiger partial charge is 0.269 e. The lowest BCUT2D eigenvalue weighted by atomic mass is 10.0. The van der Waals surface area contributed by atoms with E-state index >= 15 is 0 Å². The fourth-order valence-corrected chi connectivity index (χ4v) is 3.61. The number of nitro benzene ring substituents is 1. The molecule has 1 aliphatic carbocycles. The van der Waals surface area contributed by atoms with E-state index in [0.29, 0.717) is 0 Å². The molecule has 0 atom stereocenters. The highest BCUT2D eigenvalue weighted by molar-refractivity contribution is 6.07. The van der Waals surface area contributed by atoms with Crippen LogP contribution in [-0.4, -0.2) is 9.91 Å². The van der Waals surface area contributed by atoms with Crippen LogP contribution < -0.4 is 0 Å². The van der Waals surface area contributed by atoms with Crippen molar-refractivity contribution < 1.29 is 4.92 Å². The van der Waals surface area contributed by atoms with Crippen LogP contribution in [0.15, 0.2) is 78.9 Å². The molecule has 0 N–H and O–H groups in total. The minimum Gasteiger partial charge on any atom is -0.258 e. The average Bonchev–Trinajstić information content (AvgIpc) is 3.00. The molecular weight excluding hydrogens is 336 g/mol. The maximum atomic E-state index is 10.9. The predicted molar refractivity (Wildman–Crippen MR) is 107 cm³/mol. The molecule has 0 fully saturated rings. The molecule has 0 aliphatic heterocycles. The van der Waals surface area contributed by atoms with Crippen molar-refractivity contribution in [2.24, 2.45) is 0 Å². The Kier molecular flexibility index (Phi) is 3.37. The van der Waals surface area contributed by atoms with Gasteiger partial charge in [-0.3, -0.25) is 10.1 Å². The Morgan fingerprint density at radius 3 is 2.30 bits per heavy atom. The zero-order valence-electron chi connectivity index (χ0n) is 14.3. The number of fused-ring (bicyclic) bond motifs is 4. The van der Waals surface area contributed by atoms with Gasteiger partial charge >= 0.3 is 0 Å². The number of non-ortho nitro benzene ring substituents is 1. The summed E-state index contributed by atoms with van der Waals surface area (Å²) in [5, 5.41) is 12.0. The highest BCUT2D eigenvalue weighted by Gasteiger charge is 2.25. The summed E-state index contributed by atoms with van der Waals surface area (Å²) in [6.07, 6.45) is 2.07. The van der Waals surface area contributed by atoms with Crippen LogP contribution in [0.1, 0.15) is 16.7 Å². The molecule has 0 spiro atoms. The molecule has 128 valence electrons. The monoisotopic (exact) mass is 350 g/mol. The average molecular weight is 350 g/mol.